The topological polar surface area (TPSA) is 63.7 Å². The van der Waals surface area contributed by atoms with Crippen molar-refractivity contribution < 1.29 is 17.9 Å². The van der Waals surface area contributed by atoms with E-state index in [4.69, 9.17) is 4.74 Å². The van der Waals surface area contributed by atoms with Gasteiger partial charge < -0.3 is 9.64 Å². The second kappa shape index (κ2) is 6.20. The van der Waals surface area contributed by atoms with Gasteiger partial charge in [0.05, 0.1) is 5.25 Å². The fraction of sp³-hybridized carbons (Fsp3) is 0.353. The molecule has 1 fully saturated rings. The fourth-order valence-electron chi connectivity index (χ4n) is 2.60. The monoisotopic (exact) mass is 333 g/mol. The smallest absolute Gasteiger partial charge is 0.260 e. The van der Waals surface area contributed by atoms with E-state index in [1.54, 1.807) is 6.92 Å². The molecule has 2 aromatic rings. The number of fused-ring (bicyclic) bond motifs is 1. The number of likely N-dealkylation sites (tertiary alicyclic amines) is 1. The molecule has 6 heteroatoms. The van der Waals surface area contributed by atoms with Gasteiger partial charge in [-0.3, -0.25) is 4.79 Å². The molecule has 1 aliphatic heterocycles. The Hall–Kier alpha value is -2.08. The Bertz CT molecular complexity index is 825. The number of hydrogen-bond donors (Lipinski definition) is 0. The minimum absolute atomic E-state index is 0.0722. The van der Waals surface area contributed by atoms with E-state index in [0.717, 1.165) is 10.8 Å². The highest BCUT2D eigenvalue weighted by atomic mass is 32.2. The summed E-state index contributed by atoms with van der Waals surface area (Å²) in [5, 5.41) is 1.74. The van der Waals surface area contributed by atoms with Crippen molar-refractivity contribution in [2.75, 3.05) is 25.4 Å². The maximum Gasteiger partial charge on any atom is 0.260 e. The summed E-state index contributed by atoms with van der Waals surface area (Å²) >= 11 is 0. The first-order chi connectivity index (χ1) is 11.0. The fourth-order valence-corrected chi connectivity index (χ4v) is 3.88. The molecule has 0 radical (unpaired) electrons. The van der Waals surface area contributed by atoms with Crippen LogP contribution in [0.2, 0.25) is 0 Å². The summed E-state index contributed by atoms with van der Waals surface area (Å²) in [6, 6.07) is 13.6. The molecule has 23 heavy (non-hydrogen) atoms. The second-order valence-electron chi connectivity index (χ2n) is 5.67. The molecule has 0 aliphatic carbocycles. The molecular weight excluding hydrogens is 314 g/mol. The first-order valence-electron chi connectivity index (χ1n) is 7.60. The van der Waals surface area contributed by atoms with Crippen molar-refractivity contribution in [3.05, 3.63) is 42.5 Å². The Morgan fingerprint density at radius 1 is 1.17 bits per heavy atom. The molecule has 0 saturated carbocycles. The Morgan fingerprint density at radius 3 is 2.57 bits per heavy atom. The van der Waals surface area contributed by atoms with Crippen LogP contribution in [0.4, 0.5) is 0 Å². The van der Waals surface area contributed by atoms with Gasteiger partial charge in [0.2, 0.25) is 0 Å². The highest BCUT2D eigenvalue weighted by Crippen LogP contribution is 2.21. The Labute approximate surface area is 135 Å². The lowest BCUT2D eigenvalue weighted by molar-refractivity contribution is -0.136. The highest BCUT2D eigenvalue weighted by molar-refractivity contribution is 7.92. The number of nitrogens with zero attached hydrogens (tertiary/aromatic N) is 1. The first kappa shape index (κ1) is 15.8. The summed E-state index contributed by atoms with van der Waals surface area (Å²) in [5.74, 6) is 0.573. The van der Waals surface area contributed by atoms with Gasteiger partial charge in [0, 0.05) is 18.8 Å². The number of carbonyl (C=O) groups is 1. The minimum atomic E-state index is -3.05. The van der Waals surface area contributed by atoms with E-state index >= 15 is 0 Å². The van der Waals surface area contributed by atoms with E-state index in [1.165, 1.54) is 4.90 Å². The molecule has 122 valence electrons. The van der Waals surface area contributed by atoms with Gasteiger partial charge in [-0.15, -0.1) is 0 Å². The predicted octanol–water partition coefficient (Wildman–Crippen LogP) is 1.86. The standard InChI is InChI=1S/C17H19NO4S/c1-2-23(20,21)16-10-18(11-16)17(19)12-22-15-8-7-13-5-3-4-6-14(13)9-15/h3-9,16H,2,10-12H2,1H3. The van der Waals surface area contributed by atoms with Gasteiger partial charge >= 0.3 is 0 Å². The van der Waals surface area contributed by atoms with Gasteiger partial charge in [-0.2, -0.15) is 0 Å². The molecule has 0 atom stereocenters. The van der Waals surface area contributed by atoms with E-state index < -0.39 is 15.1 Å². The highest BCUT2D eigenvalue weighted by Gasteiger charge is 2.38. The molecule has 1 aliphatic rings. The zero-order chi connectivity index (χ0) is 16.4. The lowest BCUT2D eigenvalue weighted by Crippen LogP contribution is -2.58. The molecule has 1 saturated heterocycles. The van der Waals surface area contributed by atoms with Crippen LogP contribution in [0.25, 0.3) is 10.8 Å². The van der Waals surface area contributed by atoms with Gasteiger partial charge in [0.15, 0.2) is 16.4 Å². The van der Waals surface area contributed by atoms with E-state index in [0.29, 0.717) is 5.75 Å². The van der Waals surface area contributed by atoms with Crippen LogP contribution in [0.5, 0.6) is 5.75 Å². The Morgan fingerprint density at radius 2 is 1.87 bits per heavy atom. The molecule has 2 aromatic carbocycles. The van der Waals surface area contributed by atoms with Crippen molar-refractivity contribution in [1.29, 1.82) is 0 Å². The summed E-state index contributed by atoms with van der Waals surface area (Å²) < 4.78 is 28.9. The summed E-state index contributed by atoms with van der Waals surface area (Å²) in [5.41, 5.74) is 0. The number of sulfone groups is 1. The zero-order valence-electron chi connectivity index (χ0n) is 12.9. The molecule has 0 spiro atoms. The zero-order valence-corrected chi connectivity index (χ0v) is 13.8. The van der Waals surface area contributed by atoms with Gasteiger partial charge in [-0.1, -0.05) is 37.3 Å². The van der Waals surface area contributed by atoms with Crippen LogP contribution in [0.1, 0.15) is 6.92 Å². The second-order valence-corrected chi connectivity index (χ2v) is 8.24. The van der Waals surface area contributed by atoms with Crippen molar-refractivity contribution in [3.63, 3.8) is 0 Å². The van der Waals surface area contributed by atoms with Crippen LogP contribution in [0, 0.1) is 0 Å². The van der Waals surface area contributed by atoms with E-state index in [9.17, 15) is 13.2 Å². The molecule has 1 heterocycles. The maximum atomic E-state index is 12.0. The number of rotatable bonds is 5. The molecule has 3 rings (SSSR count). The van der Waals surface area contributed by atoms with Gasteiger partial charge in [-0.25, -0.2) is 8.42 Å². The third kappa shape index (κ3) is 3.32. The lowest BCUT2D eigenvalue weighted by Gasteiger charge is -2.38. The normalized spacial score (nSPS) is 15.4. The van der Waals surface area contributed by atoms with Crippen LogP contribution < -0.4 is 4.74 Å². The van der Waals surface area contributed by atoms with Gasteiger partial charge in [0.25, 0.3) is 5.91 Å². The van der Waals surface area contributed by atoms with Crippen molar-refractivity contribution >= 4 is 26.5 Å². The number of amides is 1. The van der Waals surface area contributed by atoms with Crippen molar-refractivity contribution in [2.45, 2.75) is 12.2 Å². The summed E-state index contributed by atoms with van der Waals surface area (Å²) in [4.78, 5) is 13.6. The first-order valence-corrected chi connectivity index (χ1v) is 9.32. The number of hydrogen-bond acceptors (Lipinski definition) is 4. The van der Waals surface area contributed by atoms with Crippen LogP contribution in [0.15, 0.2) is 42.5 Å². The van der Waals surface area contributed by atoms with E-state index in [1.807, 2.05) is 42.5 Å². The molecule has 1 amide bonds. The maximum absolute atomic E-state index is 12.0. The van der Waals surface area contributed by atoms with Crippen LogP contribution in [0.3, 0.4) is 0 Å². The molecule has 0 unspecified atom stereocenters. The van der Waals surface area contributed by atoms with E-state index in [-0.39, 0.29) is 31.4 Å². The van der Waals surface area contributed by atoms with Crippen LogP contribution in [-0.4, -0.2) is 49.9 Å². The third-order valence-corrected chi connectivity index (χ3v) is 6.31. The van der Waals surface area contributed by atoms with Gasteiger partial charge in [0.1, 0.15) is 5.75 Å². The molecule has 0 aromatic heterocycles. The molecular formula is C17H19NO4S. The largest absolute Gasteiger partial charge is 0.484 e. The third-order valence-electron chi connectivity index (χ3n) is 4.19. The van der Waals surface area contributed by atoms with Crippen molar-refractivity contribution in [1.82, 2.24) is 4.90 Å². The summed E-state index contributed by atoms with van der Waals surface area (Å²) in [7, 11) is -3.05. The van der Waals surface area contributed by atoms with Gasteiger partial charge in [-0.05, 0) is 22.9 Å². The number of carbonyl (C=O) groups excluding carboxylic acids is 1. The molecule has 0 N–H and O–H groups in total. The van der Waals surface area contributed by atoms with E-state index in [2.05, 4.69) is 0 Å². The number of benzene rings is 2. The Balaban J connectivity index is 1.55. The molecule has 0 bridgehead atoms. The van der Waals surface area contributed by atoms with Crippen LogP contribution in [-0.2, 0) is 14.6 Å². The average Bonchev–Trinajstić information content (AvgIpc) is 2.51. The minimum Gasteiger partial charge on any atom is -0.484 e. The van der Waals surface area contributed by atoms with Crippen molar-refractivity contribution in [2.24, 2.45) is 0 Å². The summed E-state index contributed by atoms with van der Waals surface area (Å²) in [6.45, 7) is 2.10. The molecule has 5 nitrogen and oxygen atoms in total. The van der Waals surface area contributed by atoms with Crippen LogP contribution >= 0.6 is 0 Å². The summed E-state index contributed by atoms with van der Waals surface area (Å²) in [6.07, 6.45) is 0. The predicted molar refractivity (Wildman–Crippen MR) is 89.3 cm³/mol. The van der Waals surface area contributed by atoms with Crippen molar-refractivity contribution in [3.8, 4) is 5.75 Å². The lowest BCUT2D eigenvalue weighted by atomic mass is 10.1. The Kier molecular flexibility index (Phi) is 4.26. The quantitative estimate of drug-likeness (QED) is 0.838. The number of ether oxygens (including phenoxy) is 1. The average molecular weight is 333 g/mol. The SMILES string of the molecule is CCS(=O)(=O)C1CN(C(=O)COc2ccc3ccccc3c2)C1.